The Kier molecular flexibility index (Phi) is 8.17. The molecule has 1 aliphatic heterocycles. The zero-order valence-corrected chi connectivity index (χ0v) is 21.3. The number of esters is 1. The number of imide groups is 1. The van der Waals surface area contributed by atoms with Crippen LogP contribution in [0.4, 0.5) is 4.79 Å². The van der Waals surface area contributed by atoms with E-state index in [-0.39, 0.29) is 11.5 Å². The highest BCUT2D eigenvalue weighted by Crippen LogP contribution is 2.34. The van der Waals surface area contributed by atoms with Gasteiger partial charge >= 0.3 is 5.97 Å². The zero-order chi connectivity index (χ0) is 22.5. The van der Waals surface area contributed by atoms with E-state index in [1.807, 2.05) is 42.5 Å². The molecular weight excluding hydrogens is 597 g/mol. The Hall–Kier alpha value is -1.85. The molecule has 1 aliphatic rings. The van der Waals surface area contributed by atoms with E-state index in [1.165, 1.54) is 6.92 Å². The molecule has 0 spiro atoms. The number of halogens is 2. The lowest BCUT2D eigenvalue weighted by molar-refractivity contribution is -0.150. The van der Waals surface area contributed by atoms with Gasteiger partial charge in [0.2, 0.25) is 0 Å². The predicted molar refractivity (Wildman–Crippen MR) is 132 cm³/mol. The van der Waals surface area contributed by atoms with Crippen LogP contribution in [0.2, 0.25) is 0 Å². The maximum atomic E-state index is 12.7. The first-order chi connectivity index (χ1) is 14.8. The van der Waals surface area contributed by atoms with Gasteiger partial charge < -0.3 is 9.47 Å². The fourth-order valence-electron chi connectivity index (χ4n) is 2.80. The van der Waals surface area contributed by atoms with Gasteiger partial charge in [-0.2, -0.15) is 0 Å². The van der Waals surface area contributed by atoms with Crippen molar-refractivity contribution in [2.45, 2.75) is 26.5 Å². The minimum atomic E-state index is -0.965. The molecule has 0 aromatic heterocycles. The molecule has 2 amide bonds. The Labute approximate surface area is 206 Å². The molecule has 9 heteroatoms. The molecule has 0 unspecified atom stereocenters. The van der Waals surface area contributed by atoms with Gasteiger partial charge in [-0.25, -0.2) is 4.79 Å². The minimum absolute atomic E-state index is 0.184. The maximum Gasteiger partial charge on any atom is 0.329 e. The van der Waals surface area contributed by atoms with Crippen molar-refractivity contribution in [3.05, 3.63) is 66.5 Å². The van der Waals surface area contributed by atoms with Gasteiger partial charge in [-0.1, -0.05) is 34.1 Å². The highest BCUT2D eigenvalue weighted by atomic mass is 127. The van der Waals surface area contributed by atoms with Gasteiger partial charge in [-0.15, -0.1) is 0 Å². The van der Waals surface area contributed by atoms with E-state index in [0.29, 0.717) is 6.61 Å². The molecule has 0 N–H and O–H groups in total. The van der Waals surface area contributed by atoms with Crippen molar-refractivity contribution in [3.63, 3.8) is 0 Å². The number of carbonyl (C=O) groups excluding carboxylic acids is 3. The van der Waals surface area contributed by atoms with Gasteiger partial charge in [0.25, 0.3) is 11.1 Å². The highest BCUT2D eigenvalue weighted by Gasteiger charge is 2.41. The predicted octanol–water partition coefficient (Wildman–Crippen LogP) is 5.62. The molecule has 1 heterocycles. The SMILES string of the molecule is CCOC(=O)[C@H](C)N1C(=O)S/C(=C/c2ccc(OCc3ccc(Br)cc3)c(I)c2)C1=O. The molecule has 2 aromatic carbocycles. The first-order valence-electron chi connectivity index (χ1n) is 9.40. The summed E-state index contributed by atoms with van der Waals surface area (Å²) in [5, 5.41) is -0.485. The fourth-order valence-corrected chi connectivity index (χ4v) is 4.67. The van der Waals surface area contributed by atoms with Crippen LogP contribution in [0.15, 0.2) is 51.8 Å². The van der Waals surface area contributed by atoms with Gasteiger partial charge in [0.15, 0.2) is 0 Å². The second kappa shape index (κ2) is 10.6. The third-order valence-electron chi connectivity index (χ3n) is 4.40. The Morgan fingerprint density at radius 2 is 1.94 bits per heavy atom. The normalized spacial score (nSPS) is 16.0. The molecule has 0 radical (unpaired) electrons. The molecule has 0 aliphatic carbocycles. The van der Waals surface area contributed by atoms with E-state index in [1.54, 1.807) is 13.0 Å². The van der Waals surface area contributed by atoms with Crippen molar-refractivity contribution in [2.24, 2.45) is 0 Å². The molecule has 1 atom stereocenters. The number of hydrogen-bond acceptors (Lipinski definition) is 6. The molecule has 1 fully saturated rings. The van der Waals surface area contributed by atoms with E-state index in [4.69, 9.17) is 9.47 Å². The Balaban J connectivity index is 1.71. The molecular formula is C22H19BrINO5S. The summed E-state index contributed by atoms with van der Waals surface area (Å²) < 4.78 is 12.7. The van der Waals surface area contributed by atoms with Crippen molar-refractivity contribution >= 4 is 73.5 Å². The molecule has 162 valence electrons. The smallest absolute Gasteiger partial charge is 0.329 e. The Morgan fingerprint density at radius 1 is 1.23 bits per heavy atom. The quantitative estimate of drug-likeness (QED) is 0.229. The Morgan fingerprint density at radius 3 is 2.58 bits per heavy atom. The van der Waals surface area contributed by atoms with E-state index in [2.05, 4.69) is 38.5 Å². The van der Waals surface area contributed by atoms with Gasteiger partial charge in [-0.3, -0.25) is 14.5 Å². The summed E-state index contributed by atoms with van der Waals surface area (Å²) in [6.07, 6.45) is 1.64. The third kappa shape index (κ3) is 5.89. The summed E-state index contributed by atoms with van der Waals surface area (Å²) in [5.41, 5.74) is 1.81. The second-order valence-electron chi connectivity index (χ2n) is 6.58. The van der Waals surface area contributed by atoms with E-state index in [9.17, 15) is 14.4 Å². The monoisotopic (exact) mass is 615 g/mol. The van der Waals surface area contributed by atoms with Gasteiger partial charge in [0.1, 0.15) is 18.4 Å². The standard InChI is InChI=1S/C22H19BrINO5S/c1-3-29-21(27)13(2)25-20(26)19(31-22(25)28)11-15-6-9-18(17(24)10-15)30-12-14-4-7-16(23)8-5-14/h4-11,13H,3,12H2,1-2H3/b19-11+/t13-/m0/s1. The summed E-state index contributed by atoms with van der Waals surface area (Å²) in [4.78, 5) is 38.1. The molecule has 0 bridgehead atoms. The lowest BCUT2D eigenvalue weighted by atomic mass is 10.2. The van der Waals surface area contributed by atoms with E-state index in [0.717, 1.165) is 41.6 Å². The van der Waals surface area contributed by atoms with Crippen LogP contribution in [0.3, 0.4) is 0 Å². The fraction of sp³-hybridized carbons (Fsp3) is 0.227. The average Bonchev–Trinajstić information content (AvgIpc) is 3.01. The molecule has 6 nitrogen and oxygen atoms in total. The van der Waals surface area contributed by atoms with Gasteiger partial charge in [0, 0.05) is 4.47 Å². The minimum Gasteiger partial charge on any atom is -0.488 e. The third-order valence-corrected chi connectivity index (χ3v) is 6.66. The highest BCUT2D eigenvalue weighted by molar-refractivity contribution is 14.1. The summed E-state index contributed by atoms with van der Waals surface area (Å²) >= 11 is 6.39. The number of amides is 2. The summed E-state index contributed by atoms with van der Waals surface area (Å²) in [6, 6.07) is 12.5. The van der Waals surface area contributed by atoms with E-state index < -0.39 is 23.2 Å². The molecule has 31 heavy (non-hydrogen) atoms. The first-order valence-corrected chi connectivity index (χ1v) is 12.1. The number of thioether (sulfide) groups is 1. The Bertz CT molecular complexity index is 1040. The number of carbonyl (C=O) groups is 3. The number of rotatable bonds is 7. The van der Waals surface area contributed by atoms with Crippen LogP contribution in [0.1, 0.15) is 25.0 Å². The van der Waals surface area contributed by atoms with Crippen LogP contribution in [-0.2, 0) is 20.9 Å². The zero-order valence-electron chi connectivity index (χ0n) is 16.8. The number of ether oxygens (including phenoxy) is 2. The topological polar surface area (TPSA) is 72.9 Å². The van der Waals surface area contributed by atoms with Crippen molar-refractivity contribution in [3.8, 4) is 5.75 Å². The van der Waals surface area contributed by atoms with Crippen molar-refractivity contribution in [1.29, 1.82) is 0 Å². The van der Waals surface area contributed by atoms with Crippen LogP contribution in [-0.4, -0.2) is 34.7 Å². The van der Waals surface area contributed by atoms with Gasteiger partial charge in [0.05, 0.1) is 15.1 Å². The summed E-state index contributed by atoms with van der Waals surface area (Å²) in [5.74, 6) is -0.376. The molecule has 0 saturated carbocycles. The maximum absolute atomic E-state index is 12.7. The largest absolute Gasteiger partial charge is 0.488 e. The van der Waals surface area contributed by atoms with Crippen LogP contribution >= 0.6 is 50.3 Å². The average molecular weight is 616 g/mol. The molecule has 2 aromatic rings. The first kappa shape index (κ1) is 23.8. The van der Waals surface area contributed by atoms with Crippen molar-refractivity contribution in [2.75, 3.05) is 6.61 Å². The van der Waals surface area contributed by atoms with E-state index >= 15 is 0 Å². The van der Waals surface area contributed by atoms with Crippen molar-refractivity contribution in [1.82, 2.24) is 4.90 Å². The lowest BCUT2D eigenvalue weighted by Gasteiger charge is -2.19. The van der Waals surface area contributed by atoms with Crippen molar-refractivity contribution < 1.29 is 23.9 Å². The van der Waals surface area contributed by atoms with Crippen LogP contribution in [0.5, 0.6) is 5.75 Å². The molecule has 3 rings (SSSR count). The second-order valence-corrected chi connectivity index (χ2v) is 9.66. The number of hydrogen-bond donors (Lipinski definition) is 0. The lowest BCUT2D eigenvalue weighted by Crippen LogP contribution is -2.42. The van der Waals surface area contributed by atoms with Gasteiger partial charge in [-0.05, 0) is 89.7 Å². The van der Waals surface area contributed by atoms with Crippen LogP contribution in [0, 0.1) is 3.57 Å². The summed E-state index contributed by atoms with van der Waals surface area (Å²) in [6.45, 7) is 3.78. The van der Waals surface area contributed by atoms with Crippen LogP contribution in [0.25, 0.3) is 6.08 Å². The number of benzene rings is 2. The number of nitrogens with zero attached hydrogens (tertiary/aromatic N) is 1. The molecule has 1 saturated heterocycles. The summed E-state index contributed by atoms with van der Waals surface area (Å²) in [7, 11) is 0. The van der Waals surface area contributed by atoms with Crippen LogP contribution < -0.4 is 4.74 Å².